The normalized spacial score (nSPS) is 18.4. The molecule has 2 heteroatoms. The van der Waals surface area contributed by atoms with Gasteiger partial charge >= 0.3 is 0 Å². The molecule has 2 atom stereocenters. The van der Waals surface area contributed by atoms with Crippen molar-refractivity contribution in [2.45, 2.75) is 46.5 Å². The highest BCUT2D eigenvalue weighted by atomic mass is 19.1. The molecule has 0 bridgehead atoms. The summed E-state index contributed by atoms with van der Waals surface area (Å²) in [4.78, 5) is 11.9. The highest BCUT2D eigenvalue weighted by molar-refractivity contribution is 5.79. The lowest BCUT2D eigenvalue weighted by Crippen LogP contribution is -2.15. The van der Waals surface area contributed by atoms with Crippen molar-refractivity contribution < 1.29 is 9.18 Å². The minimum absolute atomic E-state index is 0.154. The maximum absolute atomic E-state index is 12.9. The summed E-state index contributed by atoms with van der Waals surface area (Å²) in [7, 11) is 0. The van der Waals surface area contributed by atoms with Crippen LogP contribution in [0, 0.1) is 30.6 Å². The Kier molecular flexibility index (Phi) is 9.37. The van der Waals surface area contributed by atoms with Crippen LogP contribution in [0.3, 0.4) is 0 Å². The number of Topliss-reactive ketones (excluding diaryl/α,β-unsaturated/α-hetero) is 1. The molecule has 0 aromatic heterocycles. The lowest BCUT2D eigenvalue weighted by atomic mass is 9.82. The zero-order valence-corrected chi connectivity index (χ0v) is 13.4. The molecule has 0 fully saturated rings. The summed E-state index contributed by atoms with van der Waals surface area (Å²) in [6, 6.07) is 0. The molecule has 0 amide bonds. The van der Waals surface area contributed by atoms with Gasteiger partial charge in [-0.25, -0.2) is 4.39 Å². The Morgan fingerprint density at radius 1 is 1.43 bits per heavy atom. The molecule has 0 N–H and O–H groups in total. The van der Waals surface area contributed by atoms with Gasteiger partial charge < -0.3 is 0 Å². The number of carbonyl (C=O) groups excluding carboxylic acids is 1. The molecule has 1 aliphatic rings. The number of ketones is 1. The van der Waals surface area contributed by atoms with Crippen molar-refractivity contribution in [2.24, 2.45) is 17.8 Å². The van der Waals surface area contributed by atoms with Gasteiger partial charge in [-0.2, -0.15) is 0 Å². The predicted octanol–water partition coefficient (Wildman–Crippen LogP) is 5.25. The average Bonchev–Trinajstić information content (AvgIpc) is 2.41. The Morgan fingerprint density at radius 3 is 2.48 bits per heavy atom. The largest absolute Gasteiger partial charge is 0.300 e. The van der Waals surface area contributed by atoms with Gasteiger partial charge in [0.1, 0.15) is 11.6 Å². The first-order chi connectivity index (χ1) is 9.88. The van der Waals surface area contributed by atoms with Crippen LogP contribution in [0.2, 0.25) is 0 Å². The molecule has 0 saturated carbocycles. The van der Waals surface area contributed by atoms with E-state index in [1.807, 2.05) is 13.0 Å². The number of hydrogen-bond donors (Lipinski definition) is 0. The summed E-state index contributed by atoms with van der Waals surface area (Å²) in [5.74, 6) is 1.11. The predicted molar refractivity (Wildman–Crippen MR) is 88.3 cm³/mol. The van der Waals surface area contributed by atoms with Crippen LogP contribution >= 0.6 is 0 Å². The van der Waals surface area contributed by atoms with Gasteiger partial charge in [-0.05, 0) is 49.7 Å². The Bertz CT molecular complexity index is 426. The Balaban J connectivity index is 0.00000191. The van der Waals surface area contributed by atoms with Gasteiger partial charge in [-0.15, -0.1) is 12.8 Å². The van der Waals surface area contributed by atoms with Crippen molar-refractivity contribution in [1.29, 1.82) is 0 Å². The van der Waals surface area contributed by atoms with Crippen molar-refractivity contribution in [3.05, 3.63) is 36.2 Å². The minimum atomic E-state index is -0.154. The van der Waals surface area contributed by atoms with Crippen LogP contribution in [-0.2, 0) is 4.79 Å². The van der Waals surface area contributed by atoms with Crippen LogP contribution in [-0.4, -0.2) is 5.78 Å². The average molecular weight is 290 g/mol. The number of hydrogen-bond acceptors (Lipinski definition) is 1. The first kappa shape index (κ1) is 19.4. The number of halogens is 1. The summed E-state index contributed by atoms with van der Waals surface area (Å²) in [6.07, 6.45) is 15.9. The molecular formula is C19H27FO. The fourth-order valence-corrected chi connectivity index (χ4v) is 2.45. The van der Waals surface area contributed by atoms with Gasteiger partial charge in [0.15, 0.2) is 0 Å². The summed E-state index contributed by atoms with van der Waals surface area (Å²) in [5, 5.41) is 0. The van der Waals surface area contributed by atoms with E-state index in [2.05, 4.69) is 33.3 Å². The Hall–Kier alpha value is -1.62. The SMILES string of the molecule is C#C.C=C(C)[C@@H](CC(=O)CC(C)C)CC1C=CC(F)=CC1. The van der Waals surface area contributed by atoms with Gasteiger partial charge in [-0.1, -0.05) is 32.1 Å². The second kappa shape index (κ2) is 10.2. The van der Waals surface area contributed by atoms with E-state index in [0.717, 1.165) is 18.4 Å². The summed E-state index contributed by atoms with van der Waals surface area (Å²) in [5.41, 5.74) is 1.06. The molecule has 21 heavy (non-hydrogen) atoms. The van der Waals surface area contributed by atoms with Crippen LogP contribution in [0.15, 0.2) is 36.2 Å². The van der Waals surface area contributed by atoms with E-state index in [0.29, 0.717) is 30.5 Å². The van der Waals surface area contributed by atoms with Crippen molar-refractivity contribution in [2.75, 3.05) is 0 Å². The van der Waals surface area contributed by atoms with E-state index in [-0.39, 0.29) is 11.7 Å². The fourth-order valence-electron chi connectivity index (χ4n) is 2.45. The maximum Gasteiger partial charge on any atom is 0.133 e. The third-order valence-corrected chi connectivity index (χ3v) is 3.54. The monoisotopic (exact) mass is 290 g/mol. The molecule has 0 aromatic carbocycles. The van der Waals surface area contributed by atoms with Gasteiger partial charge in [0.25, 0.3) is 0 Å². The molecule has 116 valence electrons. The fraction of sp³-hybridized carbons (Fsp3) is 0.526. The molecule has 0 aromatic rings. The molecule has 0 aliphatic heterocycles. The van der Waals surface area contributed by atoms with Crippen LogP contribution in [0.5, 0.6) is 0 Å². The Morgan fingerprint density at radius 2 is 2.05 bits per heavy atom. The van der Waals surface area contributed by atoms with Crippen LogP contribution < -0.4 is 0 Å². The highest BCUT2D eigenvalue weighted by Crippen LogP contribution is 2.29. The van der Waals surface area contributed by atoms with Gasteiger partial charge in [0, 0.05) is 12.8 Å². The van der Waals surface area contributed by atoms with Gasteiger partial charge in [0.2, 0.25) is 0 Å². The quantitative estimate of drug-likeness (QED) is 0.462. The van der Waals surface area contributed by atoms with E-state index in [4.69, 9.17) is 0 Å². The molecule has 0 spiro atoms. The minimum Gasteiger partial charge on any atom is -0.300 e. The van der Waals surface area contributed by atoms with E-state index in [1.54, 1.807) is 6.08 Å². The lowest BCUT2D eigenvalue weighted by Gasteiger charge is -2.22. The maximum atomic E-state index is 12.9. The van der Waals surface area contributed by atoms with E-state index >= 15 is 0 Å². The molecule has 1 unspecified atom stereocenters. The van der Waals surface area contributed by atoms with Gasteiger partial charge in [0.05, 0.1) is 0 Å². The Labute approximate surface area is 129 Å². The smallest absolute Gasteiger partial charge is 0.133 e. The first-order valence-corrected chi connectivity index (χ1v) is 7.42. The van der Waals surface area contributed by atoms with Crippen molar-refractivity contribution in [3.8, 4) is 12.8 Å². The zero-order chi connectivity index (χ0) is 16.4. The first-order valence-electron chi connectivity index (χ1n) is 7.42. The number of allylic oxidation sites excluding steroid dienone is 5. The van der Waals surface area contributed by atoms with Crippen molar-refractivity contribution >= 4 is 5.78 Å². The van der Waals surface area contributed by atoms with Crippen LogP contribution in [0.4, 0.5) is 4.39 Å². The molecule has 1 nitrogen and oxygen atoms in total. The third kappa shape index (κ3) is 8.30. The summed E-state index contributed by atoms with van der Waals surface area (Å²) in [6.45, 7) is 10.1. The zero-order valence-electron chi connectivity index (χ0n) is 13.4. The second-order valence-corrected chi connectivity index (χ2v) is 6.06. The number of terminal acetylenes is 1. The summed E-state index contributed by atoms with van der Waals surface area (Å²) < 4.78 is 12.9. The molecular weight excluding hydrogens is 263 g/mol. The van der Waals surface area contributed by atoms with Crippen molar-refractivity contribution in [3.63, 3.8) is 0 Å². The van der Waals surface area contributed by atoms with Crippen LogP contribution in [0.1, 0.15) is 46.5 Å². The standard InChI is InChI=1S/C17H25FO.C2H2/c1-12(2)9-17(19)11-15(13(3)4)10-14-5-7-16(18)8-6-14;1-2/h5,7-8,12,14-15H,3,6,9-11H2,1-2,4H3;1-2H/t14?,15-;/m1./s1. The highest BCUT2D eigenvalue weighted by Gasteiger charge is 2.20. The third-order valence-electron chi connectivity index (χ3n) is 3.54. The molecule has 1 rings (SSSR count). The number of rotatable bonds is 7. The van der Waals surface area contributed by atoms with E-state index in [1.165, 1.54) is 6.08 Å². The van der Waals surface area contributed by atoms with Crippen LogP contribution in [0.25, 0.3) is 0 Å². The molecule has 1 aliphatic carbocycles. The topological polar surface area (TPSA) is 17.1 Å². The lowest BCUT2D eigenvalue weighted by molar-refractivity contribution is -0.120. The van der Waals surface area contributed by atoms with E-state index in [9.17, 15) is 9.18 Å². The van der Waals surface area contributed by atoms with Crippen molar-refractivity contribution in [1.82, 2.24) is 0 Å². The number of carbonyl (C=O) groups is 1. The van der Waals surface area contributed by atoms with Gasteiger partial charge in [-0.3, -0.25) is 4.79 Å². The van der Waals surface area contributed by atoms with E-state index < -0.39 is 0 Å². The molecule has 0 heterocycles. The summed E-state index contributed by atoms with van der Waals surface area (Å²) >= 11 is 0. The second-order valence-electron chi connectivity index (χ2n) is 6.06. The molecule has 0 saturated heterocycles. The molecule has 0 radical (unpaired) electrons.